The maximum atomic E-state index is 12.3. The molecule has 0 bridgehead atoms. The molecule has 6 nitrogen and oxygen atoms in total. The van der Waals surface area contributed by atoms with Crippen LogP contribution >= 0.6 is 22.7 Å². The highest BCUT2D eigenvalue weighted by Crippen LogP contribution is 2.28. The van der Waals surface area contributed by atoms with Crippen LogP contribution in [-0.2, 0) is 17.8 Å². The number of thiophene rings is 1. The van der Waals surface area contributed by atoms with Crippen molar-refractivity contribution in [3.63, 3.8) is 0 Å². The Morgan fingerprint density at radius 3 is 3.00 bits per heavy atom. The van der Waals surface area contributed by atoms with Crippen molar-refractivity contribution in [1.82, 2.24) is 15.2 Å². The first kappa shape index (κ1) is 17.1. The first-order chi connectivity index (χ1) is 11.6. The van der Waals surface area contributed by atoms with Gasteiger partial charge in [-0.1, -0.05) is 13.0 Å². The normalized spacial score (nSPS) is 15.6. The quantitative estimate of drug-likeness (QED) is 0.854. The van der Waals surface area contributed by atoms with E-state index in [1.54, 1.807) is 13.0 Å². The highest BCUT2D eigenvalue weighted by Gasteiger charge is 2.22. The molecule has 2 aromatic heterocycles. The summed E-state index contributed by atoms with van der Waals surface area (Å²) in [7, 11) is 0. The van der Waals surface area contributed by atoms with Crippen molar-refractivity contribution in [2.75, 3.05) is 18.4 Å². The third-order valence-corrected chi connectivity index (χ3v) is 5.84. The van der Waals surface area contributed by atoms with Crippen LogP contribution < -0.4 is 10.6 Å². The smallest absolute Gasteiger partial charge is 0.261 e. The molecule has 2 N–H and O–H groups in total. The van der Waals surface area contributed by atoms with Crippen LogP contribution in [-0.4, -0.2) is 40.8 Å². The van der Waals surface area contributed by atoms with E-state index in [0.717, 1.165) is 31.7 Å². The van der Waals surface area contributed by atoms with Crippen molar-refractivity contribution in [3.05, 3.63) is 33.0 Å². The zero-order valence-electron chi connectivity index (χ0n) is 13.7. The second-order valence-electron chi connectivity index (χ2n) is 5.67. The summed E-state index contributed by atoms with van der Waals surface area (Å²) in [5, 5.41) is 7.97. The van der Waals surface area contributed by atoms with Crippen LogP contribution in [0.3, 0.4) is 0 Å². The molecule has 1 unspecified atom stereocenters. The average molecular weight is 364 g/mol. The number of likely N-dealkylation sites (N-methyl/N-ethyl adjacent to an activating group) is 1. The zero-order chi connectivity index (χ0) is 17.1. The molecule has 0 spiro atoms. The largest absolute Gasteiger partial charge is 0.340 e. The van der Waals surface area contributed by atoms with Crippen molar-refractivity contribution in [3.8, 4) is 0 Å². The molecule has 2 amide bonds. The lowest BCUT2D eigenvalue weighted by Crippen LogP contribution is -2.41. The minimum atomic E-state index is -0.618. The topological polar surface area (TPSA) is 74.3 Å². The van der Waals surface area contributed by atoms with Gasteiger partial charge in [0.05, 0.1) is 10.6 Å². The molecule has 2 aromatic rings. The van der Waals surface area contributed by atoms with E-state index in [-0.39, 0.29) is 11.8 Å². The summed E-state index contributed by atoms with van der Waals surface area (Å²) in [5.41, 5.74) is 1.08. The first-order valence-corrected chi connectivity index (χ1v) is 9.62. The standard InChI is InChI=1S/C16H20N4O2S2/c1-3-20-7-6-11-13(9-20)24-16(18-11)19-14(21)10(2)17-15(22)12-5-4-8-23-12/h4-5,8,10H,3,6-7,9H2,1-2H3,(H,17,22)(H,18,19,21). The van der Waals surface area contributed by atoms with Crippen LogP contribution in [0.15, 0.2) is 17.5 Å². The van der Waals surface area contributed by atoms with E-state index < -0.39 is 6.04 Å². The van der Waals surface area contributed by atoms with Crippen LogP contribution in [0, 0.1) is 0 Å². The first-order valence-electron chi connectivity index (χ1n) is 7.93. The number of carbonyl (C=O) groups excluding carboxylic acids is 2. The Kier molecular flexibility index (Phi) is 5.27. The Bertz CT molecular complexity index is 727. The van der Waals surface area contributed by atoms with Gasteiger partial charge < -0.3 is 10.6 Å². The van der Waals surface area contributed by atoms with Gasteiger partial charge >= 0.3 is 0 Å². The second kappa shape index (κ2) is 7.42. The Balaban J connectivity index is 1.59. The van der Waals surface area contributed by atoms with Crippen LogP contribution in [0.25, 0.3) is 0 Å². The van der Waals surface area contributed by atoms with Gasteiger partial charge in [-0.25, -0.2) is 4.98 Å². The van der Waals surface area contributed by atoms with Crippen LogP contribution in [0.1, 0.15) is 34.1 Å². The molecule has 0 saturated heterocycles. The fourth-order valence-corrected chi connectivity index (χ4v) is 4.21. The molecule has 1 aliphatic rings. The van der Waals surface area contributed by atoms with E-state index in [0.29, 0.717) is 10.0 Å². The Morgan fingerprint density at radius 1 is 1.46 bits per heavy atom. The van der Waals surface area contributed by atoms with E-state index >= 15 is 0 Å². The van der Waals surface area contributed by atoms with Crippen molar-refractivity contribution < 1.29 is 9.59 Å². The molecular formula is C16H20N4O2S2. The van der Waals surface area contributed by atoms with Crippen molar-refractivity contribution in [1.29, 1.82) is 0 Å². The summed E-state index contributed by atoms with van der Waals surface area (Å²) in [6.07, 6.45) is 0.917. The van der Waals surface area contributed by atoms with Gasteiger partial charge in [0.15, 0.2) is 5.13 Å². The monoisotopic (exact) mass is 364 g/mol. The molecule has 3 rings (SSSR count). The summed E-state index contributed by atoms with van der Waals surface area (Å²) >= 11 is 2.87. The second-order valence-corrected chi connectivity index (χ2v) is 7.70. The Morgan fingerprint density at radius 2 is 2.29 bits per heavy atom. The van der Waals surface area contributed by atoms with Gasteiger partial charge in [0, 0.05) is 24.4 Å². The number of anilines is 1. The highest BCUT2D eigenvalue weighted by atomic mass is 32.1. The van der Waals surface area contributed by atoms with Gasteiger partial charge in [0.2, 0.25) is 5.91 Å². The lowest BCUT2D eigenvalue weighted by molar-refractivity contribution is -0.117. The zero-order valence-corrected chi connectivity index (χ0v) is 15.3. The van der Waals surface area contributed by atoms with E-state index in [9.17, 15) is 9.59 Å². The average Bonchev–Trinajstić information content (AvgIpc) is 3.23. The van der Waals surface area contributed by atoms with Crippen LogP contribution in [0.2, 0.25) is 0 Å². The van der Waals surface area contributed by atoms with Gasteiger partial charge in [0.1, 0.15) is 6.04 Å². The highest BCUT2D eigenvalue weighted by molar-refractivity contribution is 7.15. The number of thiazole rings is 1. The van der Waals surface area contributed by atoms with Crippen LogP contribution in [0.4, 0.5) is 5.13 Å². The summed E-state index contributed by atoms with van der Waals surface area (Å²) < 4.78 is 0. The summed E-state index contributed by atoms with van der Waals surface area (Å²) in [6, 6.07) is 2.93. The maximum Gasteiger partial charge on any atom is 0.261 e. The SMILES string of the molecule is CCN1CCc2nc(NC(=O)C(C)NC(=O)c3cccs3)sc2C1. The number of fused-ring (bicyclic) bond motifs is 1. The van der Waals surface area contributed by atoms with Gasteiger partial charge in [0.25, 0.3) is 5.91 Å². The minimum absolute atomic E-state index is 0.232. The number of hydrogen-bond donors (Lipinski definition) is 2. The molecule has 0 fully saturated rings. The third-order valence-electron chi connectivity index (χ3n) is 3.97. The van der Waals surface area contributed by atoms with Gasteiger partial charge in [-0.15, -0.1) is 22.7 Å². The Labute approximate surface area is 148 Å². The number of nitrogens with one attached hydrogen (secondary N) is 2. The van der Waals surface area contributed by atoms with E-state index in [1.165, 1.54) is 27.6 Å². The van der Waals surface area contributed by atoms with Gasteiger partial charge in [-0.2, -0.15) is 0 Å². The van der Waals surface area contributed by atoms with Crippen molar-refractivity contribution in [2.45, 2.75) is 32.9 Å². The van der Waals surface area contributed by atoms with E-state index in [1.807, 2.05) is 11.4 Å². The molecule has 8 heteroatoms. The fourth-order valence-electron chi connectivity index (χ4n) is 2.53. The van der Waals surface area contributed by atoms with Crippen molar-refractivity contribution >= 4 is 39.6 Å². The predicted octanol–water partition coefficient (Wildman–Crippen LogP) is 2.34. The van der Waals surface area contributed by atoms with Gasteiger partial charge in [-0.3, -0.25) is 14.5 Å². The van der Waals surface area contributed by atoms with Crippen molar-refractivity contribution in [2.24, 2.45) is 0 Å². The number of amides is 2. The Hall–Kier alpha value is -1.77. The molecule has 3 heterocycles. The van der Waals surface area contributed by atoms with E-state index in [4.69, 9.17) is 0 Å². The molecule has 0 saturated carbocycles. The molecule has 24 heavy (non-hydrogen) atoms. The molecule has 128 valence electrons. The number of nitrogens with zero attached hydrogens (tertiary/aromatic N) is 2. The summed E-state index contributed by atoms with van der Waals surface area (Å²) in [5.74, 6) is -0.483. The summed E-state index contributed by atoms with van der Waals surface area (Å²) in [4.78, 5) is 33.0. The fraction of sp³-hybridized carbons (Fsp3) is 0.438. The molecule has 1 aliphatic heterocycles. The lowest BCUT2D eigenvalue weighted by atomic mass is 10.2. The molecule has 0 aliphatic carbocycles. The van der Waals surface area contributed by atoms with Crippen LogP contribution in [0.5, 0.6) is 0 Å². The third kappa shape index (κ3) is 3.82. The molecular weight excluding hydrogens is 344 g/mol. The lowest BCUT2D eigenvalue weighted by Gasteiger charge is -2.23. The maximum absolute atomic E-state index is 12.3. The molecule has 1 atom stereocenters. The number of carbonyl (C=O) groups is 2. The predicted molar refractivity (Wildman–Crippen MR) is 96.6 cm³/mol. The molecule has 0 radical (unpaired) electrons. The minimum Gasteiger partial charge on any atom is -0.340 e. The number of rotatable bonds is 5. The molecule has 0 aromatic carbocycles. The number of hydrogen-bond acceptors (Lipinski definition) is 6. The van der Waals surface area contributed by atoms with Gasteiger partial charge in [-0.05, 0) is 24.9 Å². The number of aromatic nitrogens is 1. The van der Waals surface area contributed by atoms with E-state index in [2.05, 4.69) is 27.4 Å². The summed E-state index contributed by atoms with van der Waals surface area (Å²) in [6.45, 7) is 6.74.